The molecule has 0 fully saturated rings. The number of aromatic nitrogens is 6. The maximum absolute atomic E-state index is 12.9. The number of nitrogens with two attached hydrogens (primary N) is 1. The molecule has 3 amide bonds. The average molecular weight is 879 g/mol. The fourth-order valence-corrected chi connectivity index (χ4v) is 7.68. The predicted molar refractivity (Wildman–Crippen MR) is 253 cm³/mol. The molecule has 65 heavy (non-hydrogen) atoms. The van der Waals surface area contributed by atoms with Gasteiger partial charge in [0.2, 0.25) is 11.8 Å². The van der Waals surface area contributed by atoms with Gasteiger partial charge in [-0.15, -0.1) is 0 Å². The number of pyridine rings is 2. The van der Waals surface area contributed by atoms with Gasteiger partial charge < -0.3 is 35.8 Å². The highest BCUT2D eigenvalue weighted by atomic mass is 16.4. The Bertz CT molecular complexity index is 2650. The first-order chi connectivity index (χ1) is 31.2. The molecule has 0 saturated carbocycles. The van der Waals surface area contributed by atoms with Gasteiger partial charge in [0.25, 0.3) is 5.91 Å². The molecule has 6 heterocycles. The standard InChI is InChI=1S/C24H26N6O2.C17H22N6O.C7H6O2/c1-5-19-24(32)29(4)20-14-26-21(28-22(20)30(19)15(2)3)17-11-12-25-13-18(17)27-23(31)16-9-7-6-8-10-16;1-5-13-17(24)22(4)14-9-20-15(11-6-7-19-8-12(11)18)21-16(14)23(13)10(2)3;8-7(9)6-4-2-1-3-5-6/h6-15,19H,5H2,1-4H3,(H,27,31);6-10,13H,5,18H2,1-4H3;1-5H,(H,8,9)/t19-;13-;/m11./s1. The van der Waals surface area contributed by atoms with Crippen molar-refractivity contribution in [3.8, 4) is 22.8 Å². The lowest BCUT2D eigenvalue weighted by Gasteiger charge is -2.42. The van der Waals surface area contributed by atoms with Crippen LogP contribution >= 0.6 is 0 Å². The summed E-state index contributed by atoms with van der Waals surface area (Å²) in [5.74, 6) is 1.45. The average Bonchev–Trinajstić information content (AvgIpc) is 3.31. The van der Waals surface area contributed by atoms with Crippen LogP contribution in [0.2, 0.25) is 0 Å². The summed E-state index contributed by atoms with van der Waals surface area (Å²) in [6, 6.07) is 20.6. The maximum atomic E-state index is 12.9. The van der Waals surface area contributed by atoms with Gasteiger partial charge in [-0.05, 0) is 76.9 Å². The first kappa shape index (κ1) is 46.7. The second-order valence-corrected chi connectivity index (χ2v) is 15.8. The zero-order valence-corrected chi connectivity index (χ0v) is 37.7. The molecule has 2 aliphatic heterocycles. The number of nitrogen functional groups attached to an aromatic ring is 1. The van der Waals surface area contributed by atoms with Crippen LogP contribution in [0.3, 0.4) is 0 Å². The van der Waals surface area contributed by atoms with Crippen LogP contribution in [0.25, 0.3) is 22.8 Å². The van der Waals surface area contributed by atoms with Crippen molar-refractivity contribution < 1.29 is 24.3 Å². The second kappa shape index (κ2) is 20.6. The first-order valence-corrected chi connectivity index (χ1v) is 21.3. The van der Waals surface area contributed by atoms with E-state index in [4.69, 9.17) is 20.8 Å². The Hall–Kier alpha value is -7.82. The van der Waals surface area contributed by atoms with E-state index in [0.717, 1.165) is 23.5 Å². The Morgan fingerprint density at radius 1 is 0.662 bits per heavy atom. The Balaban J connectivity index is 0.000000186. The monoisotopic (exact) mass is 878 g/mol. The molecule has 17 heteroatoms. The number of carbonyl (C=O) groups excluding carboxylic acids is 3. The molecule has 8 rings (SSSR count). The number of hydrogen-bond donors (Lipinski definition) is 3. The molecule has 0 bridgehead atoms. The number of carbonyl (C=O) groups is 4. The molecule has 2 atom stereocenters. The van der Waals surface area contributed by atoms with Crippen LogP contribution in [-0.4, -0.2) is 97.0 Å². The van der Waals surface area contributed by atoms with Crippen LogP contribution in [0.15, 0.2) is 110 Å². The molecule has 4 N–H and O–H groups in total. The Morgan fingerprint density at radius 2 is 1.11 bits per heavy atom. The van der Waals surface area contributed by atoms with Crippen molar-refractivity contribution in [1.29, 1.82) is 0 Å². The van der Waals surface area contributed by atoms with Crippen LogP contribution in [0.1, 0.15) is 75.1 Å². The van der Waals surface area contributed by atoms with Crippen LogP contribution in [0.5, 0.6) is 0 Å². The molecule has 0 radical (unpaired) electrons. The zero-order valence-electron chi connectivity index (χ0n) is 37.7. The normalized spacial score (nSPS) is 15.4. The number of benzene rings is 2. The Morgan fingerprint density at radius 3 is 1.54 bits per heavy atom. The number of amides is 3. The largest absolute Gasteiger partial charge is 0.478 e. The SMILES string of the molecule is CC[C@@H]1C(=O)N(C)c2cnc(-c3ccncc3N)nc2N1C(C)C.CC[C@@H]1C(=O)N(C)c2cnc(-c3ccncc3NC(=O)c3ccccc3)nc2N1C(C)C.O=C(O)c1ccccc1. The summed E-state index contributed by atoms with van der Waals surface area (Å²) in [5.41, 5.74) is 10.7. The molecule has 0 spiro atoms. The summed E-state index contributed by atoms with van der Waals surface area (Å²) < 4.78 is 0. The van der Waals surface area contributed by atoms with Gasteiger partial charge >= 0.3 is 5.97 Å². The fourth-order valence-electron chi connectivity index (χ4n) is 7.68. The number of anilines is 6. The van der Waals surface area contributed by atoms with E-state index in [2.05, 4.69) is 44.0 Å². The smallest absolute Gasteiger partial charge is 0.335 e. The minimum absolute atomic E-state index is 0.0322. The molecule has 0 aliphatic carbocycles. The summed E-state index contributed by atoms with van der Waals surface area (Å²) >= 11 is 0. The highest BCUT2D eigenvalue weighted by molar-refractivity contribution is 6.07. The van der Waals surface area contributed by atoms with Gasteiger partial charge in [-0.3, -0.25) is 24.4 Å². The van der Waals surface area contributed by atoms with Gasteiger partial charge in [0, 0.05) is 55.3 Å². The lowest BCUT2D eigenvalue weighted by atomic mass is 10.1. The van der Waals surface area contributed by atoms with Crippen molar-refractivity contribution in [3.63, 3.8) is 0 Å². The van der Waals surface area contributed by atoms with E-state index >= 15 is 0 Å². The van der Waals surface area contributed by atoms with Gasteiger partial charge in [-0.2, -0.15) is 0 Å². The number of fused-ring (bicyclic) bond motifs is 2. The van der Waals surface area contributed by atoms with Gasteiger partial charge in [0.15, 0.2) is 23.3 Å². The molecule has 2 aromatic carbocycles. The molecule has 0 saturated heterocycles. The highest BCUT2D eigenvalue weighted by Crippen LogP contribution is 2.39. The molecular formula is C48H54N12O5. The lowest BCUT2D eigenvalue weighted by Crippen LogP contribution is -2.54. The number of carboxylic acid groups (broad SMARTS) is 1. The first-order valence-electron chi connectivity index (χ1n) is 21.3. The number of likely N-dealkylation sites (N-methyl/N-ethyl adjacent to an activating group) is 2. The minimum Gasteiger partial charge on any atom is -0.478 e. The summed E-state index contributed by atoms with van der Waals surface area (Å²) in [6.07, 6.45) is 11.2. The van der Waals surface area contributed by atoms with E-state index < -0.39 is 5.97 Å². The number of carboxylic acids is 1. The van der Waals surface area contributed by atoms with Gasteiger partial charge in [0.05, 0.1) is 41.7 Å². The third-order valence-corrected chi connectivity index (χ3v) is 11.0. The van der Waals surface area contributed by atoms with E-state index in [0.29, 0.717) is 57.6 Å². The molecular weight excluding hydrogens is 825 g/mol. The summed E-state index contributed by atoms with van der Waals surface area (Å²) in [7, 11) is 3.52. The van der Waals surface area contributed by atoms with Crippen molar-refractivity contribution in [2.24, 2.45) is 0 Å². The third-order valence-electron chi connectivity index (χ3n) is 11.0. The zero-order chi connectivity index (χ0) is 46.9. The number of aromatic carboxylic acids is 1. The second-order valence-electron chi connectivity index (χ2n) is 15.8. The Labute approximate surface area is 378 Å². The van der Waals surface area contributed by atoms with Crippen LogP contribution in [0.4, 0.5) is 34.4 Å². The lowest BCUT2D eigenvalue weighted by molar-refractivity contribution is -0.120. The molecule has 6 aromatic rings. The van der Waals surface area contributed by atoms with Gasteiger partial charge in [0.1, 0.15) is 23.5 Å². The third kappa shape index (κ3) is 10.0. The fraction of sp³-hybridized carbons (Fsp3) is 0.292. The Kier molecular flexibility index (Phi) is 14.8. The van der Waals surface area contributed by atoms with Crippen molar-refractivity contribution in [1.82, 2.24) is 29.9 Å². The number of nitrogens with zero attached hydrogens (tertiary/aromatic N) is 10. The van der Waals surface area contributed by atoms with Crippen LogP contribution < -0.4 is 30.7 Å². The molecule has 336 valence electrons. The maximum Gasteiger partial charge on any atom is 0.335 e. The topological polar surface area (TPSA) is 217 Å². The quantitative estimate of drug-likeness (QED) is 0.131. The predicted octanol–water partition coefficient (Wildman–Crippen LogP) is 7.24. The molecule has 2 aliphatic rings. The molecule has 0 unspecified atom stereocenters. The molecule has 17 nitrogen and oxygen atoms in total. The van der Waals surface area contributed by atoms with Crippen LogP contribution in [0, 0.1) is 0 Å². The van der Waals surface area contributed by atoms with E-state index in [1.165, 1.54) is 0 Å². The van der Waals surface area contributed by atoms with Crippen molar-refractivity contribution in [2.45, 2.75) is 78.6 Å². The van der Waals surface area contributed by atoms with E-state index in [1.807, 2.05) is 50.8 Å². The summed E-state index contributed by atoms with van der Waals surface area (Å²) in [6.45, 7) is 12.2. The van der Waals surface area contributed by atoms with Crippen molar-refractivity contribution >= 4 is 58.1 Å². The number of hydrogen-bond acceptors (Lipinski definition) is 13. The van der Waals surface area contributed by atoms with Crippen molar-refractivity contribution in [2.75, 3.05) is 44.7 Å². The summed E-state index contributed by atoms with van der Waals surface area (Å²) in [4.78, 5) is 82.5. The van der Waals surface area contributed by atoms with E-state index in [1.54, 1.807) is 116 Å². The van der Waals surface area contributed by atoms with E-state index in [9.17, 15) is 19.2 Å². The van der Waals surface area contributed by atoms with Crippen LogP contribution in [-0.2, 0) is 9.59 Å². The minimum atomic E-state index is -0.879. The number of rotatable bonds is 9. The number of nitrogens with one attached hydrogen (secondary N) is 1. The van der Waals surface area contributed by atoms with Gasteiger partial charge in [-0.25, -0.2) is 24.7 Å². The molecule has 4 aromatic heterocycles. The highest BCUT2D eigenvalue weighted by Gasteiger charge is 2.40. The summed E-state index contributed by atoms with van der Waals surface area (Å²) in [5, 5.41) is 11.3. The van der Waals surface area contributed by atoms with Crippen molar-refractivity contribution in [3.05, 3.63) is 121 Å². The van der Waals surface area contributed by atoms with Gasteiger partial charge in [-0.1, -0.05) is 50.2 Å². The van der Waals surface area contributed by atoms with E-state index in [-0.39, 0.29) is 41.9 Å².